The molecule has 0 aliphatic heterocycles. The number of amides is 1. The zero-order valence-electron chi connectivity index (χ0n) is 21.1. The van der Waals surface area contributed by atoms with Crippen LogP contribution in [0.25, 0.3) is 0 Å². The van der Waals surface area contributed by atoms with Crippen LogP contribution in [0.4, 0.5) is 4.79 Å². The molecule has 0 fully saturated rings. The van der Waals surface area contributed by atoms with Crippen LogP contribution in [0.1, 0.15) is 39.2 Å². The highest BCUT2D eigenvalue weighted by Gasteiger charge is 2.19. The molecule has 1 unspecified atom stereocenters. The van der Waals surface area contributed by atoms with Crippen molar-refractivity contribution in [2.75, 3.05) is 33.4 Å². The molecule has 0 bridgehead atoms. The molecule has 0 aliphatic carbocycles. The smallest absolute Gasteiger partial charge is 0.415 e. The first-order chi connectivity index (χ1) is 16.8. The summed E-state index contributed by atoms with van der Waals surface area (Å²) >= 11 is 0. The van der Waals surface area contributed by atoms with Crippen molar-refractivity contribution in [2.24, 2.45) is 5.92 Å². The highest BCUT2D eigenvalue weighted by atomic mass is 16.6. The lowest BCUT2D eigenvalue weighted by Gasteiger charge is -2.23. The Hall–Kier alpha value is -3.26. The monoisotopic (exact) mass is 487 g/mol. The number of para-hydroxylation sites is 2. The van der Waals surface area contributed by atoms with Gasteiger partial charge in [0.15, 0.2) is 17.6 Å². The molecule has 0 aliphatic rings. The number of benzene rings is 2. The molecule has 0 radical (unpaired) electrons. The van der Waals surface area contributed by atoms with Crippen LogP contribution in [0, 0.1) is 5.92 Å². The van der Waals surface area contributed by atoms with E-state index in [0.29, 0.717) is 49.5 Å². The van der Waals surface area contributed by atoms with E-state index in [-0.39, 0.29) is 6.42 Å². The van der Waals surface area contributed by atoms with Gasteiger partial charge in [-0.3, -0.25) is 0 Å². The number of carboxylic acids is 1. The van der Waals surface area contributed by atoms with Crippen molar-refractivity contribution in [2.45, 2.75) is 46.1 Å². The van der Waals surface area contributed by atoms with Crippen molar-refractivity contribution in [3.05, 3.63) is 54.1 Å². The number of aliphatic carboxylic acids is 1. The van der Waals surface area contributed by atoms with E-state index in [9.17, 15) is 14.7 Å². The molecule has 1 atom stereocenters. The molecule has 2 aromatic carbocycles. The maximum Gasteiger partial charge on any atom is 0.415 e. The number of ether oxygens (including phenoxy) is 4. The molecule has 2 aromatic rings. The summed E-state index contributed by atoms with van der Waals surface area (Å²) in [6.07, 6.45) is 0.813. The lowest BCUT2D eigenvalue weighted by atomic mass is 10.1. The number of methoxy groups -OCH3 is 1. The van der Waals surface area contributed by atoms with Crippen LogP contribution in [-0.4, -0.2) is 61.6 Å². The minimum atomic E-state index is -0.982. The predicted octanol–water partition coefficient (Wildman–Crippen LogP) is 5.04. The first-order valence-corrected chi connectivity index (χ1v) is 12.0. The molecule has 0 spiro atoms. The quantitative estimate of drug-likeness (QED) is 0.376. The average molecular weight is 488 g/mol. The van der Waals surface area contributed by atoms with Crippen molar-refractivity contribution in [1.29, 1.82) is 0 Å². The average Bonchev–Trinajstić information content (AvgIpc) is 2.83. The van der Waals surface area contributed by atoms with Gasteiger partial charge in [-0.2, -0.15) is 0 Å². The van der Waals surface area contributed by atoms with Crippen molar-refractivity contribution < 1.29 is 33.6 Å². The zero-order valence-corrected chi connectivity index (χ0v) is 21.1. The van der Waals surface area contributed by atoms with Gasteiger partial charge in [0.2, 0.25) is 0 Å². The molecule has 1 amide bonds. The summed E-state index contributed by atoms with van der Waals surface area (Å²) in [5.41, 5.74) is 0.842. The van der Waals surface area contributed by atoms with Gasteiger partial charge in [0.25, 0.3) is 0 Å². The second-order valence-corrected chi connectivity index (χ2v) is 8.52. The summed E-state index contributed by atoms with van der Waals surface area (Å²) in [5.74, 6) is 1.06. The molecule has 1 N–H and O–H groups in total. The van der Waals surface area contributed by atoms with Gasteiger partial charge >= 0.3 is 12.1 Å². The number of hydrogen-bond acceptors (Lipinski definition) is 6. The summed E-state index contributed by atoms with van der Waals surface area (Å²) < 4.78 is 22.0. The topological polar surface area (TPSA) is 94.5 Å². The standard InChI is InChI=1S/C27H37NO7/c1-5-33-25(26(29)30)19-21-12-14-22(15-13-21)34-18-17-28(16-8-9-20(2)3)27(31)35-24-11-7-6-10-23(24)32-4/h6-7,10-15,20,25H,5,8-9,16-19H2,1-4H3,(H,29,30). The van der Waals surface area contributed by atoms with Gasteiger partial charge in [0, 0.05) is 19.6 Å². The van der Waals surface area contributed by atoms with Crippen molar-refractivity contribution in [3.63, 3.8) is 0 Å². The first kappa shape index (κ1) is 28.0. The van der Waals surface area contributed by atoms with Crippen molar-refractivity contribution in [1.82, 2.24) is 4.90 Å². The Morgan fingerprint density at radius 1 is 1.00 bits per heavy atom. The Kier molecular flexibility index (Phi) is 11.9. The molecule has 0 heterocycles. The zero-order chi connectivity index (χ0) is 25.6. The highest BCUT2D eigenvalue weighted by Crippen LogP contribution is 2.26. The van der Waals surface area contributed by atoms with Crippen LogP contribution in [0.3, 0.4) is 0 Å². The molecule has 35 heavy (non-hydrogen) atoms. The van der Waals surface area contributed by atoms with Gasteiger partial charge in [-0.15, -0.1) is 0 Å². The maximum atomic E-state index is 12.9. The summed E-state index contributed by atoms with van der Waals surface area (Å²) in [5, 5.41) is 9.25. The Labute approximate surface area is 207 Å². The van der Waals surface area contributed by atoms with Gasteiger partial charge < -0.3 is 29.0 Å². The Balaban J connectivity index is 1.94. The number of hydrogen-bond donors (Lipinski definition) is 1. The van der Waals surface area contributed by atoms with Crippen LogP contribution >= 0.6 is 0 Å². The molecule has 8 heteroatoms. The second kappa shape index (κ2) is 14.9. The Morgan fingerprint density at radius 2 is 1.69 bits per heavy atom. The summed E-state index contributed by atoms with van der Waals surface area (Å²) in [6.45, 7) is 7.62. The molecule has 2 rings (SSSR count). The van der Waals surface area contributed by atoms with Gasteiger partial charge in [-0.1, -0.05) is 38.1 Å². The van der Waals surface area contributed by atoms with E-state index in [1.54, 1.807) is 42.2 Å². The van der Waals surface area contributed by atoms with Gasteiger partial charge in [0.1, 0.15) is 12.4 Å². The first-order valence-electron chi connectivity index (χ1n) is 12.0. The fourth-order valence-electron chi connectivity index (χ4n) is 3.47. The molecule has 8 nitrogen and oxygen atoms in total. The SMILES string of the molecule is CCOC(Cc1ccc(OCCN(CCCC(C)C)C(=O)Oc2ccccc2OC)cc1)C(=O)O. The van der Waals surface area contributed by atoms with E-state index in [1.807, 2.05) is 18.2 Å². The molecular formula is C27H37NO7. The normalized spacial score (nSPS) is 11.7. The molecular weight excluding hydrogens is 450 g/mol. The Bertz CT molecular complexity index is 914. The van der Waals surface area contributed by atoms with Crippen molar-refractivity contribution in [3.8, 4) is 17.2 Å². The number of carbonyl (C=O) groups excluding carboxylic acids is 1. The van der Waals surface area contributed by atoms with Crippen LogP contribution in [0.2, 0.25) is 0 Å². The van der Waals surface area contributed by atoms with E-state index in [0.717, 1.165) is 18.4 Å². The molecule has 192 valence electrons. The van der Waals surface area contributed by atoms with E-state index in [4.69, 9.17) is 18.9 Å². The third-order valence-corrected chi connectivity index (χ3v) is 5.35. The second-order valence-electron chi connectivity index (χ2n) is 8.52. The van der Waals surface area contributed by atoms with E-state index in [1.165, 1.54) is 7.11 Å². The number of carboxylic acid groups (broad SMARTS) is 1. The van der Waals surface area contributed by atoms with Crippen LogP contribution in [0.5, 0.6) is 17.2 Å². The molecule has 0 saturated carbocycles. The molecule has 0 aromatic heterocycles. The van der Waals surface area contributed by atoms with Crippen LogP contribution in [-0.2, 0) is 16.0 Å². The Morgan fingerprint density at radius 3 is 2.29 bits per heavy atom. The largest absolute Gasteiger partial charge is 0.493 e. The number of carbonyl (C=O) groups is 2. The third-order valence-electron chi connectivity index (χ3n) is 5.35. The van der Waals surface area contributed by atoms with E-state index < -0.39 is 18.2 Å². The third kappa shape index (κ3) is 9.86. The lowest BCUT2D eigenvalue weighted by molar-refractivity contribution is -0.149. The minimum absolute atomic E-state index is 0.280. The van der Waals surface area contributed by atoms with E-state index in [2.05, 4.69) is 13.8 Å². The maximum absolute atomic E-state index is 12.9. The van der Waals surface area contributed by atoms with E-state index >= 15 is 0 Å². The number of rotatable bonds is 15. The fourth-order valence-corrected chi connectivity index (χ4v) is 3.47. The van der Waals surface area contributed by atoms with Gasteiger partial charge in [-0.25, -0.2) is 9.59 Å². The van der Waals surface area contributed by atoms with Crippen LogP contribution < -0.4 is 14.2 Å². The minimum Gasteiger partial charge on any atom is -0.493 e. The van der Waals surface area contributed by atoms with Gasteiger partial charge in [-0.05, 0) is 55.5 Å². The lowest BCUT2D eigenvalue weighted by Crippen LogP contribution is -2.37. The summed E-state index contributed by atoms with van der Waals surface area (Å²) in [6, 6.07) is 14.3. The summed E-state index contributed by atoms with van der Waals surface area (Å²) in [4.78, 5) is 25.8. The predicted molar refractivity (Wildman–Crippen MR) is 133 cm³/mol. The highest BCUT2D eigenvalue weighted by molar-refractivity contribution is 5.73. The molecule has 0 saturated heterocycles. The van der Waals surface area contributed by atoms with Crippen LogP contribution in [0.15, 0.2) is 48.5 Å². The number of nitrogens with zero attached hydrogens (tertiary/aromatic N) is 1. The fraction of sp³-hybridized carbons (Fsp3) is 0.481. The van der Waals surface area contributed by atoms with Crippen molar-refractivity contribution >= 4 is 12.1 Å². The summed E-state index contributed by atoms with van der Waals surface area (Å²) in [7, 11) is 1.53. The van der Waals surface area contributed by atoms with Gasteiger partial charge in [0.05, 0.1) is 13.7 Å².